The number of rotatable bonds is 4. The van der Waals surface area contributed by atoms with Crippen molar-refractivity contribution in [3.63, 3.8) is 0 Å². The van der Waals surface area contributed by atoms with E-state index in [1.165, 1.54) is 0 Å². The average molecular weight is 262 g/mol. The Labute approximate surface area is 90.2 Å². The standard InChI is InChI=1S/C8H12BrN3O2/c1-8(10-2,7(13)14)5-12-4-6(9)3-11-12/h3-4,10H,5H2,1-2H3,(H,13,14). The normalized spacial score (nSPS) is 15.1. The van der Waals surface area contributed by atoms with Crippen molar-refractivity contribution in [1.29, 1.82) is 0 Å². The molecule has 1 rings (SSSR count). The summed E-state index contributed by atoms with van der Waals surface area (Å²) in [7, 11) is 1.62. The molecule has 0 radical (unpaired) electrons. The van der Waals surface area contributed by atoms with Crippen LogP contribution in [-0.4, -0.2) is 33.4 Å². The Hall–Kier alpha value is -0.880. The van der Waals surface area contributed by atoms with E-state index in [2.05, 4.69) is 26.3 Å². The number of likely N-dealkylation sites (N-methyl/N-ethyl adjacent to an activating group) is 1. The van der Waals surface area contributed by atoms with E-state index in [-0.39, 0.29) is 6.54 Å². The molecular formula is C8H12BrN3O2. The fraction of sp³-hybridized carbons (Fsp3) is 0.500. The summed E-state index contributed by atoms with van der Waals surface area (Å²) in [5.41, 5.74) is -0.995. The Morgan fingerprint density at radius 1 is 1.86 bits per heavy atom. The minimum atomic E-state index is -0.995. The van der Waals surface area contributed by atoms with E-state index < -0.39 is 11.5 Å². The molecular weight excluding hydrogens is 250 g/mol. The van der Waals surface area contributed by atoms with Crippen molar-refractivity contribution in [2.45, 2.75) is 19.0 Å². The van der Waals surface area contributed by atoms with Gasteiger partial charge in [0.2, 0.25) is 0 Å². The first kappa shape index (κ1) is 11.2. The second-order valence-corrected chi connectivity index (χ2v) is 4.16. The largest absolute Gasteiger partial charge is 0.480 e. The van der Waals surface area contributed by atoms with Gasteiger partial charge in [-0.1, -0.05) is 0 Å². The molecule has 0 bridgehead atoms. The van der Waals surface area contributed by atoms with Gasteiger partial charge in [0.15, 0.2) is 0 Å². The number of carboxylic acid groups (broad SMARTS) is 1. The molecule has 2 N–H and O–H groups in total. The molecule has 1 unspecified atom stereocenters. The Morgan fingerprint density at radius 3 is 2.86 bits per heavy atom. The van der Waals surface area contributed by atoms with Gasteiger partial charge in [-0.15, -0.1) is 0 Å². The number of aromatic nitrogens is 2. The monoisotopic (exact) mass is 261 g/mol. The van der Waals surface area contributed by atoms with Crippen LogP contribution in [0.25, 0.3) is 0 Å². The molecule has 0 fully saturated rings. The summed E-state index contributed by atoms with van der Waals surface area (Å²) < 4.78 is 2.41. The number of aliphatic carboxylic acids is 1. The minimum absolute atomic E-state index is 0.282. The molecule has 1 aromatic rings. The Morgan fingerprint density at radius 2 is 2.50 bits per heavy atom. The molecule has 0 aliphatic rings. The molecule has 6 heteroatoms. The van der Waals surface area contributed by atoms with Crippen LogP contribution in [0.2, 0.25) is 0 Å². The summed E-state index contributed by atoms with van der Waals surface area (Å²) in [6.07, 6.45) is 3.36. The molecule has 0 amide bonds. The number of hydrogen-bond donors (Lipinski definition) is 2. The van der Waals surface area contributed by atoms with E-state index >= 15 is 0 Å². The van der Waals surface area contributed by atoms with Crippen molar-refractivity contribution >= 4 is 21.9 Å². The molecule has 1 aromatic heterocycles. The van der Waals surface area contributed by atoms with Gasteiger partial charge in [0.25, 0.3) is 0 Å². The molecule has 5 nitrogen and oxygen atoms in total. The van der Waals surface area contributed by atoms with Crippen LogP contribution in [-0.2, 0) is 11.3 Å². The molecule has 0 aliphatic carbocycles. The third kappa shape index (κ3) is 2.33. The maximum atomic E-state index is 10.9. The molecule has 0 saturated heterocycles. The van der Waals surface area contributed by atoms with Crippen molar-refractivity contribution in [2.24, 2.45) is 0 Å². The number of hydrogen-bond acceptors (Lipinski definition) is 3. The van der Waals surface area contributed by atoms with E-state index in [4.69, 9.17) is 5.11 Å². The molecule has 0 aromatic carbocycles. The van der Waals surface area contributed by atoms with Gasteiger partial charge in [-0.25, -0.2) is 0 Å². The first-order valence-electron chi connectivity index (χ1n) is 4.08. The third-order valence-electron chi connectivity index (χ3n) is 2.10. The van der Waals surface area contributed by atoms with Crippen molar-refractivity contribution in [3.05, 3.63) is 16.9 Å². The van der Waals surface area contributed by atoms with E-state index in [1.54, 1.807) is 31.0 Å². The molecule has 0 aliphatic heterocycles. The number of carbonyl (C=O) groups is 1. The van der Waals surface area contributed by atoms with Gasteiger partial charge in [-0.3, -0.25) is 9.48 Å². The fourth-order valence-electron chi connectivity index (χ4n) is 1.00. The summed E-state index contributed by atoms with van der Waals surface area (Å²) >= 11 is 3.25. The first-order valence-corrected chi connectivity index (χ1v) is 4.87. The molecule has 78 valence electrons. The topological polar surface area (TPSA) is 67.2 Å². The Kier molecular flexibility index (Phi) is 3.28. The highest BCUT2D eigenvalue weighted by Crippen LogP contribution is 2.11. The molecule has 14 heavy (non-hydrogen) atoms. The third-order valence-corrected chi connectivity index (χ3v) is 2.51. The van der Waals surface area contributed by atoms with E-state index in [1.807, 2.05) is 0 Å². The zero-order chi connectivity index (χ0) is 10.8. The maximum absolute atomic E-state index is 10.9. The maximum Gasteiger partial charge on any atom is 0.325 e. The van der Waals surface area contributed by atoms with Gasteiger partial charge < -0.3 is 10.4 Å². The van der Waals surface area contributed by atoms with Gasteiger partial charge >= 0.3 is 5.97 Å². The highest BCUT2D eigenvalue weighted by Gasteiger charge is 2.31. The lowest BCUT2D eigenvalue weighted by atomic mass is 10.0. The van der Waals surface area contributed by atoms with Crippen molar-refractivity contribution < 1.29 is 9.90 Å². The number of nitrogens with zero attached hydrogens (tertiary/aromatic N) is 2. The predicted molar refractivity (Wildman–Crippen MR) is 55.0 cm³/mol. The van der Waals surface area contributed by atoms with Crippen molar-refractivity contribution in [2.75, 3.05) is 7.05 Å². The van der Waals surface area contributed by atoms with Crippen LogP contribution in [0, 0.1) is 0 Å². The second kappa shape index (κ2) is 4.10. The van der Waals surface area contributed by atoms with Crippen LogP contribution in [0.3, 0.4) is 0 Å². The van der Waals surface area contributed by atoms with Crippen molar-refractivity contribution in [1.82, 2.24) is 15.1 Å². The van der Waals surface area contributed by atoms with Gasteiger partial charge in [-0.2, -0.15) is 5.10 Å². The highest BCUT2D eigenvalue weighted by molar-refractivity contribution is 9.10. The van der Waals surface area contributed by atoms with Crippen LogP contribution in [0.15, 0.2) is 16.9 Å². The zero-order valence-electron chi connectivity index (χ0n) is 7.99. The summed E-state index contributed by atoms with van der Waals surface area (Å²) in [6, 6.07) is 0. The Balaban J connectivity index is 2.80. The summed E-state index contributed by atoms with van der Waals surface area (Å²) in [6.45, 7) is 1.90. The summed E-state index contributed by atoms with van der Waals surface area (Å²) in [5, 5.41) is 15.7. The Bertz CT molecular complexity index is 339. The number of halogens is 1. The molecule has 1 heterocycles. The zero-order valence-corrected chi connectivity index (χ0v) is 9.58. The highest BCUT2D eigenvalue weighted by atomic mass is 79.9. The number of nitrogens with one attached hydrogen (secondary N) is 1. The quantitative estimate of drug-likeness (QED) is 0.838. The van der Waals surface area contributed by atoms with E-state index in [9.17, 15) is 4.79 Å². The molecule has 0 spiro atoms. The number of carboxylic acids is 1. The lowest BCUT2D eigenvalue weighted by Gasteiger charge is -2.23. The van der Waals surface area contributed by atoms with Crippen LogP contribution < -0.4 is 5.32 Å². The van der Waals surface area contributed by atoms with Gasteiger partial charge in [0.05, 0.1) is 17.2 Å². The van der Waals surface area contributed by atoms with Crippen LogP contribution in [0.1, 0.15) is 6.92 Å². The predicted octanol–water partition coefficient (Wildman–Crippen LogP) is 0.708. The van der Waals surface area contributed by atoms with Gasteiger partial charge in [0, 0.05) is 6.20 Å². The van der Waals surface area contributed by atoms with Crippen LogP contribution in [0.5, 0.6) is 0 Å². The summed E-state index contributed by atoms with van der Waals surface area (Å²) in [4.78, 5) is 10.9. The SMILES string of the molecule is CNC(C)(Cn1cc(Br)cn1)C(=O)O. The lowest BCUT2D eigenvalue weighted by Crippen LogP contribution is -2.50. The van der Waals surface area contributed by atoms with Gasteiger partial charge in [-0.05, 0) is 29.9 Å². The van der Waals surface area contributed by atoms with Gasteiger partial charge in [0.1, 0.15) is 5.54 Å². The van der Waals surface area contributed by atoms with E-state index in [0.717, 1.165) is 4.47 Å². The smallest absolute Gasteiger partial charge is 0.325 e. The van der Waals surface area contributed by atoms with Crippen molar-refractivity contribution in [3.8, 4) is 0 Å². The molecule has 0 saturated carbocycles. The van der Waals surface area contributed by atoms with Crippen LogP contribution >= 0.6 is 15.9 Å². The summed E-state index contributed by atoms with van der Waals surface area (Å²) in [5.74, 6) is -0.897. The average Bonchev–Trinajstić information content (AvgIpc) is 2.50. The second-order valence-electron chi connectivity index (χ2n) is 3.24. The van der Waals surface area contributed by atoms with Crippen LogP contribution in [0.4, 0.5) is 0 Å². The fourth-order valence-corrected chi connectivity index (χ4v) is 1.33. The first-order chi connectivity index (χ1) is 6.48. The minimum Gasteiger partial charge on any atom is -0.480 e. The van der Waals surface area contributed by atoms with E-state index in [0.29, 0.717) is 0 Å². The molecule has 1 atom stereocenters. The lowest BCUT2D eigenvalue weighted by molar-refractivity contribution is -0.144.